The fourth-order valence-electron chi connectivity index (χ4n) is 1.96. The minimum Gasteiger partial charge on any atom is -0.495 e. The van der Waals surface area contributed by atoms with Gasteiger partial charge < -0.3 is 10.1 Å². The molecule has 0 atom stereocenters. The summed E-state index contributed by atoms with van der Waals surface area (Å²) < 4.78 is 5.17. The van der Waals surface area contributed by atoms with Gasteiger partial charge in [-0.15, -0.1) is 11.3 Å². The van der Waals surface area contributed by atoms with Gasteiger partial charge in [-0.05, 0) is 36.1 Å². The summed E-state index contributed by atoms with van der Waals surface area (Å²) in [5.41, 5.74) is 0.532. The fourth-order valence-corrected chi connectivity index (χ4v) is 2.83. The standard InChI is InChI=1S/C16H16ClNO3S/c1-21-14-8-7-11(17)10-12(14)18-16(20)6-2-4-13(19)15-5-3-9-22-15/h3,5,7-10H,2,4,6H2,1H3,(H,18,20). The van der Waals surface area contributed by atoms with E-state index in [0.717, 1.165) is 4.88 Å². The molecule has 22 heavy (non-hydrogen) atoms. The molecule has 0 fully saturated rings. The van der Waals surface area contributed by atoms with E-state index in [-0.39, 0.29) is 18.1 Å². The highest BCUT2D eigenvalue weighted by atomic mass is 35.5. The smallest absolute Gasteiger partial charge is 0.224 e. The van der Waals surface area contributed by atoms with Crippen LogP contribution >= 0.6 is 22.9 Å². The van der Waals surface area contributed by atoms with Crippen molar-refractivity contribution in [3.05, 3.63) is 45.6 Å². The third-order valence-electron chi connectivity index (χ3n) is 3.04. The molecule has 0 aliphatic rings. The highest BCUT2D eigenvalue weighted by molar-refractivity contribution is 7.12. The first-order valence-electron chi connectivity index (χ1n) is 6.80. The number of hydrogen-bond donors (Lipinski definition) is 1. The molecule has 0 unspecified atom stereocenters. The monoisotopic (exact) mass is 337 g/mol. The molecule has 1 heterocycles. The molecule has 0 aliphatic heterocycles. The number of nitrogens with one attached hydrogen (secondary N) is 1. The van der Waals surface area contributed by atoms with Crippen molar-refractivity contribution < 1.29 is 14.3 Å². The summed E-state index contributed by atoms with van der Waals surface area (Å²) in [4.78, 5) is 24.5. The van der Waals surface area contributed by atoms with Crippen LogP contribution in [0.3, 0.4) is 0 Å². The van der Waals surface area contributed by atoms with Crippen molar-refractivity contribution in [2.45, 2.75) is 19.3 Å². The molecule has 6 heteroatoms. The Hall–Kier alpha value is -1.85. The van der Waals surface area contributed by atoms with Gasteiger partial charge in [0.2, 0.25) is 5.91 Å². The fraction of sp³-hybridized carbons (Fsp3) is 0.250. The average Bonchev–Trinajstić information content (AvgIpc) is 3.01. The van der Waals surface area contributed by atoms with Gasteiger partial charge in [-0.1, -0.05) is 17.7 Å². The molecular formula is C16H16ClNO3S. The van der Waals surface area contributed by atoms with Gasteiger partial charge in [0.25, 0.3) is 0 Å². The lowest BCUT2D eigenvalue weighted by molar-refractivity contribution is -0.116. The highest BCUT2D eigenvalue weighted by Crippen LogP contribution is 2.27. The lowest BCUT2D eigenvalue weighted by Crippen LogP contribution is -2.12. The Kier molecular flexibility index (Phi) is 5.98. The normalized spacial score (nSPS) is 10.3. The largest absolute Gasteiger partial charge is 0.495 e. The number of thiophene rings is 1. The van der Waals surface area contributed by atoms with Crippen LogP contribution in [0.25, 0.3) is 0 Å². The van der Waals surface area contributed by atoms with Crippen LogP contribution in [0.1, 0.15) is 28.9 Å². The number of ketones is 1. The molecule has 2 aromatic rings. The maximum absolute atomic E-state index is 11.9. The van der Waals surface area contributed by atoms with Crippen molar-refractivity contribution in [1.82, 2.24) is 0 Å². The molecule has 1 amide bonds. The molecule has 1 N–H and O–H groups in total. The minimum absolute atomic E-state index is 0.0723. The van der Waals surface area contributed by atoms with Crippen LogP contribution in [0.4, 0.5) is 5.69 Å². The Morgan fingerprint density at radius 3 is 2.77 bits per heavy atom. The molecule has 1 aromatic heterocycles. The van der Waals surface area contributed by atoms with Gasteiger partial charge in [0.15, 0.2) is 5.78 Å². The van der Waals surface area contributed by atoms with Gasteiger partial charge in [0, 0.05) is 17.9 Å². The topological polar surface area (TPSA) is 55.4 Å². The molecule has 116 valence electrons. The van der Waals surface area contributed by atoms with Crippen molar-refractivity contribution in [3.8, 4) is 5.75 Å². The van der Waals surface area contributed by atoms with E-state index in [4.69, 9.17) is 16.3 Å². The first-order valence-corrected chi connectivity index (χ1v) is 8.06. The van der Waals surface area contributed by atoms with Crippen molar-refractivity contribution in [2.24, 2.45) is 0 Å². The number of ether oxygens (including phenoxy) is 1. The minimum atomic E-state index is -0.167. The van der Waals surface area contributed by atoms with E-state index in [0.29, 0.717) is 29.3 Å². The summed E-state index contributed by atoms with van der Waals surface area (Å²) in [5.74, 6) is 0.454. The number of hydrogen-bond acceptors (Lipinski definition) is 4. The van der Waals surface area contributed by atoms with Gasteiger partial charge in [-0.3, -0.25) is 9.59 Å². The van der Waals surface area contributed by atoms with Crippen molar-refractivity contribution in [1.29, 1.82) is 0 Å². The Morgan fingerprint density at radius 2 is 2.09 bits per heavy atom. The lowest BCUT2D eigenvalue weighted by Gasteiger charge is -2.10. The number of amides is 1. The van der Waals surface area contributed by atoms with Crippen molar-refractivity contribution >= 4 is 40.3 Å². The van der Waals surface area contributed by atoms with E-state index < -0.39 is 0 Å². The molecule has 0 aliphatic carbocycles. The van der Waals surface area contributed by atoms with E-state index in [2.05, 4.69) is 5.32 Å². The zero-order chi connectivity index (χ0) is 15.9. The number of Topliss-reactive ketones (excluding diaryl/α,β-unsaturated/α-hetero) is 1. The van der Waals surface area contributed by atoms with E-state index in [1.165, 1.54) is 18.4 Å². The molecule has 4 nitrogen and oxygen atoms in total. The van der Waals surface area contributed by atoms with Crippen LogP contribution in [0.15, 0.2) is 35.7 Å². The SMILES string of the molecule is COc1ccc(Cl)cc1NC(=O)CCCC(=O)c1cccs1. The van der Waals surface area contributed by atoms with Crippen molar-refractivity contribution in [2.75, 3.05) is 12.4 Å². The maximum Gasteiger partial charge on any atom is 0.224 e. The first-order chi connectivity index (χ1) is 10.6. The zero-order valence-corrected chi connectivity index (χ0v) is 13.7. The summed E-state index contributed by atoms with van der Waals surface area (Å²) in [6.07, 6.45) is 1.14. The first kappa shape index (κ1) is 16.5. The number of anilines is 1. The van der Waals surface area contributed by atoms with Crippen molar-refractivity contribution in [3.63, 3.8) is 0 Å². The number of halogens is 1. The third kappa shape index (κ3) is 4.58. The summed E-state index contributed by atoms with van der Waals surface area (Å²) in [5, 5.41) is 5.14. The van der Waals surface area contributed by atoms with Gasteiger partial charge in [-0.2, -0.15) is 0 Å². The second-order valence-corrected chi connectivity index (χ2v) is 6.03. The molecule has 2 rings (SSSR count). The summed E-state index contributed by atoms with van der Waals surface area (Å²) in [7, 11) is 1.53. The number of rotatable bonds is 7. The van der Waals surface area contributed by atoms with Gasteiger partial charge in [0.05, 0.1) is 17.7 Å². The Bertz CT molecular complexity index is 655. The molecule has 0 saturated carbocycles. The molecule has 0 radical (unpaired) electrons. The number of methoxy groups -OCH3 is 1. The Labute approximate surface area is 138 Å². The van der Waals surface area contributed by atoms with E-state index in [9.17, 15) is 9.59 Å². The molecule has 0 saturated heterocycles. The summed E-state index contributed by atoms with van der Waals surface area (Å²) >= 11 is 7.33. The summed E-state index contributed by atoms with van der Waals surface area (Å²) in [6.45, 7) is 0. The maximum atomic E-state index is 11.9. The average molecular weight is 338 g/mol. The van der Waals surface area contributed by atoms with Gasteiger partial charge in [0.1, 0.15) is 5.75 Å². The van der Waals surface area contributed by atoms with Crippen LogP contribution in [0.5, 0.6) is 5.75 Å². The Morgan fingerprint density at radius 1 is 1.27 bits per heavy atom. The van der Waals surface area contributed by atoms with Gasteiger partial charge >= 0.3 is 0 Å². The predicted molar refractivity (Wildman–Crippen MR) is 89.1 cm³/mol. The van der Waals surface area contributed by atoms with Crippen LogP contribution in [-0.4, -0.2) is 18.8 Å². The van der Waals surface area contributed by atoms with Gasteiger partial charge in [-0.25, -0.2) is 0 Å². The number of carbonyl (C=O) groups is 2. The molecular weight excluding hydrogens is 322 g/mol. The predicted octanol–water partition coefficient (Wildman–Crippen LogP) is 4.40. The number of benzene rings is 1. The van der Waals surface area contributed by atoms with E-state index in [1.54, 1.807) is 24.3 Å². The molecule has 0 bridgehead atoms. The Balaban J connectivity index is 1.83. The van der Waals surface area contributed by atoms with Crippen LogP contribution < -0.4 is 10.1 Å². The highest BCUT2D eigenvalue weighted by Gasteiger charge is 2.11. The lowest BCUT2D eigenvalue weighted by atomic mass is 10.1. The number of carbonyl (C=O) groups excluding carboxylic acids is 2. The second-order valence-electron chi connectivity index (χ2n) is 4.65. The second kappa shape index (κ2) is 7.96. The van der Waals surface area contributed by atoms with Crippen LogP contribution in [-0.2, 0) is 4.79 Å². The quantitative estimate of drug-likeness (QED) is 0.762. The molecule has 1 aromatic carbocycles. The van der Waals surface area contributed by atoms with E-state index in [1.807, 2.05) is 11.4 Å². The van der Waals surface area contributed by atoms with Crippen LogP contribution in [0.2, 0.25) is 5.02 Å². The zero-order valence-electron chi connectivity index (χ0n) is 12.1. The molecule has 0 spiro atoms. The summed E-state index contributed by atoms with van der Waals surface area (Å²) in [6, 6.07) is 8.66. The van der Waals surface area contributed by atoms with E-state index >= 15 is 0 Å². The van der Waals surface area contributed by atoms with Crippen LogP contribution in [0, 0.1) is 0 Å². The third-order valence-corrected chi connectivity index (χ3v) is 4.19.